The van der Waals surface area contributed by atoms with Crippen LogP contribution >= 0.6 is 0 Å². The lowest BCUT2D eigenvalue weighted by atomic mass is 10.0. The molecule has 0 heterocycles. The van der Waals surface area contributed by atoms with Crippen LogP contribution in [0.4, 0.5) is 0 Å². The molecule has 1 rings (SSSR count). The van der Waals surface area contributed by atoms with Gasteiger partial charge in [0.1, 0.15) is 0 Å². The molecule has 22 heavy (non-hydrogen) atoms. The molecular weight excluding hydrogens is 302 g/mol. The van der Waals surface area contributed by atoms with E-state index in [2.05, 4.69) is 42.8 Å². The van der Waals surface area contributed by atoms with Gasteiger partial charge in [-0.05, 0) is 23.5 Å². The minimum Gasteiger partial charge on any atom is -0.382 e. The smallest absolute Gasteiger partial charge is 0.213 e. The maximum atomic E-state index is 11.8. The molecule has 0 aliphatic rings. The SMILES string of the molecule is COCCOCCS(=O)(=O)NCCc1ccc(C(C)C)cc1. The van der Waals surface area contributed by atoms with Gasteiger partial charge in [0.2, 0.25) is 10.0 Å². The summed E-state index contributed by atoms with van der Waals surface area (Å²) < 4.78 is 36.1. The average molecular weight is 329 g/mol. The van der Waals surface area contributed by atoms with Crippen LogP contribution in [0.3, 0.4) is 0 Å². The Morgan fingerprint density at radius 2 is 1.77 bits per heavy atom. The van der Waals surface area contributed by atoms with Crippen molar-refractivity contribution in [2.45, 2.75) is 26.2 Å². The third kappa shape index (κ3) is 7.89. The van der Waals surface area contributed by atoms with Gasteiger partial charge in [0.05, 0.1) is 25.6 Å². The van der Waals surface area contributed by atoms with Gasteiger partial charge in [0.25, 0.3) is 0 Å². The van der Waals surface area contributed by atoms with E-state index in [-0.39, 0.29) is 12.4 Å². The summed E-state index contributed by atoms with van der Waals surface area (Å²) in [5, 5.41) is 0. The molecule has 0 saturated heterocycles. The van der Waals surface area contributed by atoms with E-state index in [1.54, 1.807) is 7.11 Å². The normalized spacial score (nSPS) is 12.0. The van der Waals surface area contributed by atoms with E-state index in [0.29, 0.717) is 32.1 Å². The van der Waals surface area contributed by atoms with Crippen LogP contribution in [0, 0.1) is 0 Å². The van der Waals surface area contributed by atoms with Gasteiger partial charge in [0.15, 0.2) is 0 Å². The molecule has 0 bridgehead atoms. The van der Waals surface area contributed by atoms with Gasteiger partial charge in [-0.3, -0.25) is 0 Å². The number of rotatable bonds is 11. The van der Waals surface area contributed by atoms with Crippen molar-refractivity contribution in [1.29, 1.82) is 0 Å². The molecule has 0 spiro atoms. The number of sulfonamides is 1. The molecule has 0 aromatic heterocycles. The minimum absolute atomic E-state index is 0.0248. The highest BCUT2D eigenvalue weighted by Crippen LogP contribution is 2.14. The number of benzene rings is 1. The molecular formula is C16H27NO4S. The fourth-order valence-electron chi connectivity index (χ4n) is 1.91. The second-order valence-electron chi connectivity index (χ2n) is 5.46. The van der Waals surface area contributed by atoms with Crippen LogP contribution in [0.25, 0.3) is 0 Å². The number of nitrogens with one attached hydrogen (secondary N) is 1. The highest BCUT2D eigenvalue weighted by atomic mass is 32.2. The molecule has 0 atom stereocenters. The summed E-state index contributed by atoms with van der Waals surface area (Å²) in [5.74, 6) is 0.480. The van der Waals surface area contributed by atoms with Gasteiger partial charge in [0, 0.05) is 13.7 Å². The van der Waals surface area contributed by atoms with Crippen molar-refractivity contribution in [2.75, 3.05) is 39.2 Å². The number of hydrogen-bond acceptors (Lipinski definition) is 4. The quantitative estimate of drug-likeness (QED) is 0.630. The highest BCUT2D eigenvalue weighted by Gasteiger charge is 2.09. The first-order valence-electron chi connectivity index (χ1n) is 7.57. The maximum Gasteiger partial charge on any atom is 0.213 e. The van der Waals surface area contributed by atoms with E-state index in [0.717, 1.165) is 5.56 Å². The molecule has 126 valence electrons. The van der Waals surface area contributed by atoms with Gasteiger partial charge in [-0.1, -0.05) is 38.1 Å². The van der Waals surface area contributed by atoms with Gasteiger partial charge in [-0.25, -0.2) is 13.1 Å². The van der Waals surface area contributed by atoms with Crippen molar-refractivity contribution in [3.05, 3.63) is 35.4 Å². The molecule has 0 aliphatic heterocycles. The standard InChI is InChI=1S/C16H27NO4S/c1-14(2)16-6-4-15(5-7-16)8-9-17-22(18,19)13-12-21-11-10-20-3/h4-7,14,17H,8-13H2,1-3H3. The van der Waals surface area contributed by atoms with E-state index < -0.39 is 10.0 Å². The van der Waals surface area contributed by atoms with Crippen LogP contribution < -0.4 is 4.72 Å². The van der Waals surface area contributed by atoms with E-state index in [4.69, 9.17) is 9.47 Å². The molecule has 0 saturated carbocycles. The molecule has 1 aromatic rings. The first-order chi connectivity index (χ1) is 10.4. The zero-order valence-electron chi connectivity index (χ0n) is 13.7. The Morgan fingerprint density at radius 1 is 1.09 bits per heavy atom. The fourth-order valence-corrected chi connectivity index (χ4v) is 2.80. The van der Waals surface area contributed by atoms with Crippen molar-refractivity contribution >= 4 is 10.0 Å². The zero-order chi connectivity index (χ0) is 16.4. The maximum absolute atomic E-state index is 11.8. The zero-order valence-corrected chi connectivity index (χ0v) is 14.5. The third-order valence-corrected chi connectivity index (χ3v) is 4.66. The second-order valence-corrected chi connectivity index (χ2v) is 7.39. The third-order valence-electron chi connectivity index (χ3n) is 3.31. The summed E-state index contributed by atoms with van der Waals surface area (Å²) in [6.45, 7) is 5.77. The Bertz CT molecular complexity index is 511. The summed E-state index contributed by atoms with van der Waals surface area (Å²) in [4.78, 5) is 0. The predicted molar refractivity (Wildman–Crippen MR) is 88.7 cm³/mol. The topological polar surface area (TPSA) is 64.6 Å². The van der Waals surface area contributed by atoms with Crippen LogP contribution in [0.1, 0.15) is 30.9 Å². The van der Waals surface area contributed by atoms with Crippen LogP contribution in [-0.2, 0) is 25.9 Å². The van der Waals surface area contributed by atoms with E-state index in [1.165, 1.54) is 5.56 Å². The van der Waals surface area contributed by atoms with Crippen molar-refractivity contribution < 1.29 is 17.9 Å². The summed E-state index contributed by atoms with van der Waals surface area (Å²) in [7, 11) is -1.70. The van der Waals surface area contributed by atoms with Crippen LogP contribution in [0.15, 0.2) is 24.3 Å². The molecule has 0 aliphatic carbocycles. The van der Waals surface area contributed by atoms with E-state index >= 15 is 0 Å². The van der Waals surface area contributed by atoms with Crippen molar-refractivity contribution in [2.24, 2.45) is 0 Å². The monoisotopic (exact) mass is 329 g/mol. The Morgan fingerprint density at radius 3 is 2.36 bits per heavy atom. The van der Waals surface area contributed by atoms with Crippen molar-refractivity contribution in [3.63, 3.8) is 0 Å². The molecule has 5 nitrogen and oxygen atoms in total. The molecule has 0 unspecified atom stereocenters. The number of ether oxygens (including phenoxy) is 2. The van der Waals surface area contributed by atoms with Crippen molar-refractivity contribution in [1.82, 2.24) is 4.72 Å². The van der Waals surface area contributed by atoms with Crippen LogP contribution in [0.5, 0.6) is 0 Å². The molecule has 1 aromatic carbocycles. The molecule has 1 N–H and O–H groups in total. The largest absolute Gasteiger partial charge is 0.382 e. The Hall–Kier alpha value is -0.950. The first kappa shape index (κ1) is 19.1. The van der Waals surface area contributed by atoms with Gasteiger partial charge >= 0.3 is 0 Å². The number of methoxy groups -OCH3 is 1. The minimum atomic E-state index is -3.28. The Labute approximate surface area is 134 Å². The highest BCUT2D eigenvalue weighted by molar-refractivity contribution is 7.89. The Balaban J connectivity index is 2.27. The fraction of sp³-hybridized carbons (Fsp3) is 0.625. The summed E-state index contributed by atoms with van der Waals surface area (Å²) in [5.41, 5.74) is 2.42. The first-order valence-corrected chi connectivity index (χ1v) is 9.22. The van der Waals surface area contributed by atoms with Crippen LogP contribution in [-0.4, -0.2) is 47.6 Å². The Kier molecular flexibility index (Phi) is 8.63. The lowest BCUT2D eigenvalue weighted by molar-refractivity contribution is 0.0784. The van der Waals surface area contributed by atoms with Gasteiger partial charge in [-0.2, -0.15) is 0 Å². The summed E-state index contributed by atoms with van der Waals surface area (Å²) >= 11 is 0. The second kappa shape index (κ2) is 9.94. The lowest BCUT2D eigenvalue weighted by Crippen LogP contribution is -2.30. The average Bonchev–Trinajstić information content (AvgIpc) is 2.47. The molecule has 6 heteroatoms. The number of hydrogen-bond donors (Lipinski definition) is 1. The van der Waals surface area contributed by atoms with E-state index in [1.807, 2.05) is 0 Å². The summed E-state index contributed by atoms with van der Waals surface area (Å²) in [6.07, 6.45) is 0.683. The van der Waals surface area contributed by atoms with Crippen molar-refractivity contribution in [3.8, 4) is 0 Å². The lowest BCUT2D eigenvalue weighted by Gasteiger charge is -2.09. The summed E-state index contributed by atoms with van der Waals surface area (Å²) in [6, 6.07) is 8.30. The molecule has 0 radical (unpaired) electrons. The van der Waals surface area contributed by atoms with E-state index in [9.17, 15) is 8.42 Å². The molecule has 0 amide bonds. The molecule has 0 fully saturated rings. The van der Waals surface area contributed by atoms with Crippen LogP contribution in [0.2, 0.25) is 0 Å². The predicted octanol–water partition coefficient (Wildman–Crippen LogP) is 1.93. The van der Waals surface area contributed by atoms with Gasteiger partial charge in [-0.15, -0.1) is 0 Å². The van der Waals surface area contributed by atoms with Gasteiger partial charge < -0.3 is 9.47 Å².